The van der Waals surface area contributed by atoms with Crippen LogP contribution in [0.25, 0.3) is 21.6 Å². The van der Waals surface area contributed by atoms with Gasteiger partial charge in [0.1, 0.15) is 10.5 Å². The molecule has 0 unspecified atom stereocenters. The van der Waals surface area contributed by atoms with Gasteiger partial charge in [-0.3, -0.25) is 0 Å². The molecule has 0 saturated carbocycles. The third-order valence-corrected chi connectivity index (χ3v) is 4.80. The predicted molar refractivity (Wildman–Crippen MR) is 105 cm³/mol. The molecule has 0 aliphatic rings. The van der Waals surface area contributed by atoms with Crippen LogP contribution in [0.15, 0.2) is 60.7 Å². The molecule has 0 aliphatic carbocycles. The zero-order valence-electron chi connectivity index (χ0n) is 14.6. The van der Waals surface area contributed by atoms with Gasteiger partial charge in [-0.25, -0.2) is 4.79 Å². The van der Waals surface area contributed by atoms with Gasteiger partial charge in [-0.15, -0.1) is 11.3 Å². The van der Waals surface area contributed by atoms with Crippen LogP contribution >= 0.6 is 11.3 Å². The third kappa shape index (κ3) is 4.09. The molecule has 0 bridgehead atoms. The first-order chi connectivity index (χ1) is 11.8. The second kappa shape index (κ2) is 6.73. The van der Waals surface area contributed by atoms with Crippen molar-refractivity contribution in [1.82, 2.24) is 0 Å². The van der Waals surface area contributed by atoms with Crippen LogP contribution in [0.5, 0.6) is 0 Å². The van der Waals surface area contributed by atoms with Gasteiger partial charge in [-0.2, -0.15) is 0 Å². The highest BCUT2D eigenvalue weighted by Gasteiger charge is 2.22. The molecule has 0 aliphatic heterocycles. The van der Waals surface area contributed by atoms with Gasteiger partial charge in [0.2, 0.25) is 0 Å². The number of carbonyl (C=O) groups excluding carboxylic acids is 1. The maximum Gasteiger partial charge on any atom is 0.350 e. The van der Waals surface area contributed by atoms with Crippen LogP contribution in [-0.4, -0.2) is 11.6 Å². The van der Waals surface area contributed by atoms with Gasteiger partial charge in [0.15, 0.2) is 0 Å². The number of ether oxygens (including phenoxy) is 1. The summed E-state index contributed by atoms with van der Waals surface area (Å²) in [5.41, 5.74) is 9.31. The third-order valence-electron chi connectivity index (χ3n) is 3.62. The van der Waals surface area contributed by atoms with Crippen molar-refractivity contribution in [3.63, 3.8) is 0 Å². The van der Waals surface area contributed by atoms with Crippen molar-refractivity contribution >= 4 is 23.0 Å². The van der Waals surface area contributed by atoms with E-state index in [-0.39, 0.29) is 5.97 Å². The smallest absolute Gasteiger partial charge is 0.350 e. The van der Waals surface area contributed by atoms with Gasteiger partial charge in [0.05, 0.1) is 5.69 Å². The number of esters is 1. The Hall–Kier alpha value is -2.59. The van der Waals surface area contributed by atoms with Crippen molar-refractivity contribution < 1.29 is 9.53 Å². The lowest BCUT2D eigenvalue weighted by atomic mass is 10.0. The number of benzene rings is 2. The predicted octanol–water partition coefficient (Wildman–Crippen LogP) is 5.62. The molecule has 1 heterocycles. The molecule has 4 heteroatoms. The highest BCUT2D eigenvalue weighted by atomic mass is 32.1. The van der Waals surface area contributed by atoms with E-state index in [1.807, 2.05) is 57.2 Å². The minimum atomic E-state index is -0.537. The largest absolute Gasteiger partial charge is 0.456 e. The number of rotatable bonds is 3. The number of hydrogen-bond donors (Lipinski definition) is 1. The fourth-order valence-electron chi connectivity index (χ4n) is 2.49. The van der Waals surface area contributed by atoms with E-state index in [0.717, 1.165) is 16.0 Å². The first-order valence-corrected chi connectivity index (χ1v) is 8.94. The van der Waals surface area contributed by atoms with Crippen molar-refractivity contribution in [3.8, 4) is 21.6 Å². The molecule has 3 rings (SSSR count). The summed E-state index contributed by atoms with van der Waals surface area (Å²) in [4.78, 5) is 13.7. The summed E-state index contributed by atoms with van der Waals surface area (Å²) < 4.78 is 5.42. The fourth-order valence-corrected chi connectivity index (χ4v) is 3.45. The number of nitrogen functional groups attached to an aromatic ring is 1. The van der Waals surface area contributed by atoms with Crippen LogP contribution in [0, 0.1) is 0 Å². The van der Waals surface area contributed by atoms with Gasteiger partial charge in [0, 0.05) is 4.88 Å². The molecule has 0 radical (unpaired) electrons. The molecule has 1 aromatic heterocycles. The topological polar surface area (TPSA) is 52.3 Å². The molecular formula is C21H21NO2S. The average molecular weight is 351 g/mol. The standard InChI is InChI=1S/C21H21NO2S/c1-21(2,3)24-20(23)19-17(22)13-18(25-19)16-11-9-15(10-12-16)14-7-5-4-6-8-14/h4-13H,22H2,1-3H3. The van der Waals surface area contributed by atoms with Gasteiger partial charge in [-0.05, 0) is 43.5 Å². The van der Waals surface area contributed by atoms with Crippen molar-refractivity contribution in [1.29, 1.82) is 0 Å². The van der Waals surface area contributed by atoms with Crippen molar-refractivity contribution in [3.05, 3.63) is 65.5 Å². The Morgan fingerprint density at radius 3 is 2.08 bits per heavy atom. The van der Waals surface area contributed by atoms with Crippen LogP contribution in [0.3, 0.4) is 0 Å². The second-order valence-electron chi connectivity index (χ2n) is 6.84. The number of anilines is 1. The maximum absolute atomic E-state index is 12.3. The molecule has 3 aromatic rings. The number of thiophene rings is 1. The lowest BCUT2D eigenvalue weighted by Crippen LogP contribution is -2.23. The van der Waals surface area contributed by atoms with E-state index in [1.54, 1.807) is 0 Å². The van der Waals surface area contributed by atoms with Crippen LogP contribution < -0.4 is 5.73 Å². The van der Waals surface area contributed by atoms with E-state index in [1.165, 1.54) is 16.9 Å². The highest BCUT2D eigenvalue weighted by Crippen LogP contribution is 2.35. The molecular weight excluding hydrogens is 330 g/mol. The summed E-state index contributed by atoms with van der Waals surface area (Å²) in [7, 11) is 0. The van der Waals surface area contributed by atoms with Gasteiger partial charge >= 0.3 is 5.97 Å². The Kier molecular flexibility index (Phi) is 4.64. The average Bonchev–Trinajstić information content (AvgIpc) is 2.96. The number of hydrogen-bond acceptors (Lipinski definition) is 4. The fraction of sp³-hybridized carbons (Fsp3) is 0.190. The zero-order chi connectivity index (χ0) is 18.0. The Morgan fingerprint density at radius 2 is 1.48 bits per heavy atom. The molecule has 0 atom stereocenters. The SMILES string of the molecule is CC(C)(C)OC(=O)c1sc(-c2ccc(-c3ccccc3)cc2)cc1N. The number of carbonyl (C=O) groups is 1. The van der Waals surface area contributed by atoms with Crippen molar-refractivity contribution in [2.75, 3.05) is 5.73 Å². The van der Waals surface area contributed by atoms with Crippen LogP contribution in [-0.2, 0) is 4.74 Å². The Balaban J connectivity index is 1.86. The van der Waals surface area contributed by atoms with Crippen LogP contribution in [0.1, 0.15) is 30.4 Å². The molecule has 0 saturated heterocycles. The first-order valence-electron chi connectivity index (χ1n) is 8.12. The van der Waals surface area contributed by atoms with Crippen LogP contribution in [0.4, 0.5) is 5.69 Å². The quantitative estimate of drug-likeness (QED) is 0.623. The molecule has 2 N–H and O–H groups in total. The van der Waals surface area contributed by atoms with Crippen LogP contribution in [0.2, 0.25) is 0 Å². The number of nitrogens with two attached hydrogens (primary N) is 1. The van der Waals surface area contributed by atoms with Gasteiger partial charge in [0.25, 0.3) is 0 Å². The molecule has 3 nitrogen and oxygen atoms in total. The Labute approximate surface area is 152 Å². The van der Waals surface area contributed by atoms with E-state index < -0.39 is 5.60 Å². The highest BCUT2D eigenvalue weighted by molar-refractivity contribution is 7.18. The monoisotopic (exact) mass is 351 g/mol. The summed E-state index contributed by atoms with van der Waals surface area (Å²) >= 11 is 1.36. The summed E-state index contributed by atoms with van der Waals surface area (Å²) in [6.07, 6.45) is 0. The van der Waals surface area contributed by atoms with E-state index >= 15 is 0 Å². The molecule has 128 valence electrons. The van der Waals surface area contributed by atoms with E-state index in [0.29, 0.717) is 10.6 Å². The van der Waals surface area contributed by atoms with Gasteiger partial charge < -0.3 is 10.5 Å². The molecule has 0 spiro atoms. The molecule has 2 aromatic carbocycles. The molecule has 0 amide bonds. The lowest BCUT2D eigenvalue weighted by Gasteiger charge is -2.18. The van der Waals surface area contributed by atoms with Gasteiger partial charge in [-0.1, -0.05) is 54.6 Å². The van der Waals surface area contributed by atoms with E-state index in [2.05, 4.69) is 24.3 Å². The lowest BCUT2D eigenvalue weighted by molar-refractivity contribution is 0.00764. The first kappa shape index (κ1) is 17.2. The summed E-state index contributed by atoms with van der Waals surface area (Å²) in [5, 5.41) is 0. The second-order valence-corrected chi connectivity index (χ2v) is 7.89. The molecule has 0 fully saturated rings. The molecule has 25 heavy (non-hydrogen) atoms. The Morgan fingerprint density at radius 1 is 0.920 bits per heavy atom. The zero-order valence-corrected chi connectivity index (χ0v) is 15.4. The Bertz CT molecular complexity index is 875. The summed E-state index contributed by atoms with van der Waals surface area (Å²) in [5.74, 6) is -0.373. The van der Waals surface area contributed by atoms with Crippen molar-refractivity contribution in [2.45, 2.75) is 26.4 Å². The van der Waals surface area contributed by atoms with E-state index in [9.17, 15) is 4.79 Å². The van der Waals surface area contributed by atoms with Crippen molar-refractivity contribution in [2.24, 2.45) is 0 Å². The minimum absolute atomic E-state index is 0.373. The summed E-state index contributed by atoms with van der Waals surface area (Å²) in [6, 6.07) is 20.3. The minimum Gasteiger partial charge on any atom is -0.456 e. The maximum atomic E-state index is 12.3. The normalized spacial score (nSPS) is 11.3. The summed E-state index contributed by atoms with van der Waals surface area (Å²) in [6.45, 7) is 5.54. The van der Waals surface area contributed by atoms with E-state index in [4.69, 9.17) is 10.5 Å².